The first-order valence-corrected chi connectivity index (χ1v) is 5.44. The van der Waals surface area contributed by atoms with Crippen molar-refractivity contribution in [1.29, 1.82) is 0 Å². The zero-order valence-electron chi connectivity index (χ0n) is 9.43. The first-order valence-electron chi connectivity index (χ1n) is 5.44. The van der Waals surface area contributed by atoms with Gasteiger partial charge in [-0.2, -0.15) is 0 Å². The predicted octanol–water partition coefficient (Wildman–Crippen LogP) is -0.437. The highest BCUT2D eigenvalue weighted by Crippen LogP contribution is 2.40. The molecule has 5 nitrogen and oxygen atoms in total. The maximum absolute atomic E-state index is 13.8. The van der Waals surface area contributed by atoms with Gasteiger partial charge in [-0.15, -0.1) is 0 Å². The lowest BCUT2D eigenvalue weighted by Crippen LogP contribution is -2.41. The average molecular weight is 235 g/mol. The number of halogens is 1. The predicted molar refractivity (Wildman–Crippen MR) is 53.5 cm³/mol. The molecule has 16 heavy (non-hydrogen) atoms. The van der Waals surface area contributed by atoms with E-state index in [1.165, 1.54) is 0 Å². The van der Waals surface area contributed by atoms with E-state index in [9.17, 15) is 4.39 Å². The Balaban J connectivity index is 2.08. The lowest BCUT2D eigenvalue weighted by atomic mass is 10.2. The van der Waals surface area contributed by atoms with Crippen molar-refractivity contribution in [3.63, 3.8) is 0 Å². The molecule has 0 bridgehead atoms. The third-order valence-electron chi connectivity index (χ3n) is 2.95. The van der Waals surface area contributed by atoms with Gasteiger partial charge in [0.2, 0.25) is 0 Å². The van der Waals surface area contributed by atoms with E-state index in [0.717, 1.165) is 0 Å². The summed E-state index contributed by atoms with van der Waals surface area (Å²) in [5.41, 5.74) is 5.72. The first-order chi connectivity index (χ1) is 7.46. The van der Waals surface area contributed by atoms with Gasteiger partial charge in [0.15, 0.2) is 5.79 Å². The lowest BCUT2D eigenvalue weighted by Gasteiger charge is -2.24. The smallest absolute Gasteiger partial charge is 0.163 e. The number of ether oxygens (including phenoxy) is 3. The van der Waals surface area contributed by atoms with Crippen LogP contribution in [-0.4, -0.2) is 54.6 Å². The van der Waals surface area contributed by atoms with Crippen molar-refractivity contribution in [3.8, 4) is 0 Å². The van der Waals surface area contributed by atoms with Gasteiger partial charge in [0, 0.05) is 0 Å². The van der Waals surface area contributed by atoms with Crippen LogP contribution in [0, 0.1) is 0 Å². The molecule has 3 N–H and O–H groups in total. The summed E-state index contributed by atoms with van der Waals surface area (Å²) in [5, 5.41) is 8.67. The normalized spacial score (nSPS) is 45.9. The van der Waals surface area contributed by atoms with E-state index in [0.29, 0.717) is 0 Å². The summed E-state index contributed by atoms with van der Waals surface area (Å²) >= 11 is 0. The second kappa shape index (κ2) is 4.19. The van der Waals surface area contributed by atoms with Gasteiger partial charge in [0.25, 0.3) is 0 Å². The minimum atomic E-state index is -1.32. The Morgan fingerprint density at radius 3 is 2.62 bits per heavy atom. The van der Waals surface area contributed by atoms with Crippen molar-refractivity contribution in [2.24, 2.45) is 5.73 Å². The molecule has 0 aromatic rings. The lowest BCUT2D eigenvalue weighted by molar-refractivity contribution is -0.176. The van der Waals surface area contributed by atoms with Crippen molar-refractivity contribution >= 4 is 0 Å². The number of hydrogen-bond acceptors (Lipinski definition) is 5. The van der Waals surface area contributed by atoms with Crippen LogP contribution < -0.4 is 5.73 Å². The third kappa shape index (κ3) is 1.96. The fourth-order valence-electron chi connectivity index (χ4n) is 2.33. The number of rotatable bonds is 3. The van der Waals surface area contributed by atoms with Crippen LogP contribution in [0.4, 0.5) is 4.39 Å². The molecule has 1 unspecified atom stereocenters. The number of aliphatic hydroxyl groups excluding tert-OH is 1. The van der Waals surface area contributed by atoms with Gasteiger partial charge < -0.3 is 25.1 Å². The highest BCUT2D eigenvalue weighted by molar-refractivity contribution is 5.07. The Kier molecular flexibility index (Phi) is 3.20. The van der Waals surface area contributed by atoms with E-state index in [1.807, 2.05) is 0 Å². The SMILES string of the molecule is CC1(C)OC2[C@H](N)[C@@H](F)[C@H](OCCO)[C@H]2O1. The zero-order valence-corrected chi connectivity index (χ0v) is 9.43. The molecule has 0 amide bonds. The molecule has 0 aromatic heterocycles. The van der Waals surface area contributed by atoms with Crippen molar-refractivity contribution in [2.75, 3.05) is 13.2 Å². The van der Waals surface area contributed by atoms with Crippen LogP contribution in [0.1, 0.15) is 13.8 Å². The topological polar surface area (TPSA) is 73.9 Å². The largest absolute Gasteiger partial charge is 0.394 e. The number of fused-ring (bicyclic) bond motifs is 1. The Morgan fingerprint density at radius 2 is 2.00 bits per heavy atom. The third-order valence-corrected chi connectivity index (χ3v) is 2.95. The van der Waals surface area contributed by atoms with Crippen molar-refractivity contribution in [2.45, 2.75) is 50.2 Å². The van der Waals surface area contributed by atoms with Crippen LogP contribution in [0.25, 0.3) is 0 Å². The Morgan fingerprint density at radius 1 is 1.38 bits per heavy atom. The van der Waals surface area contributed by atoms with E-state index in [2.05, 4.69) is 0 Å². The molecule has 6 heteroatoms. The van der Waals surface area contributed by atoms with Gasteiger partial charge >= 0.3 is 0 Å². The molecule has 1 aliphatic carbocycles. The molecule has 0 aromatic carbocycles. The average Bonchev–Trinajstić information content (AvgIpc) is 2.62. The molecule has 1 aliphatic heterocycles. The molecule has 2 rings (SSSR count). The Labute approximate surface area is 93.7 Å². The van der Waals surface area contributed by atoms with Crippen LogP contribution in [0.15, 0.2) is 0 Å². The molecule has 1 heterocycles. The van der Waals surface area contributed by atoms with Gasteiger partial charge in [-0.25, -0.2) is 4.39 Å². The van der Waals surface area contributed by atoms with Gasteiger partial charge in [-0.1, -0.05) is 0 Å². The summed E-state index contributed by atoms with van der Waals surface area (Å²) in [6, 6.07) is -0.740. The first kappa shape index (κ1) is 12.2. The maximum Gasteiger partial charge on any atom is 0.163 e. The summed E-state index contributed by atoms with van der Waals surface area (Å²) in [6.07, 6.45) is -3.05. The fourth-order valence-corrected chi connectivity index (χ4v) is 2.33. The van der Waals surface area contributed by atoms with Crippen molar-refractivity contribution < 1.29 is 23.7 Å². The molecule has 5 atom stereocenters. The molecule has 94 valence electrons. The number of aliphatic hydroxyl groups is 1. The number of nitrogens with two attached hydrogens (primary N) is 1. The monoisotopic (exact) mass is 235 g/mol. The van der Waals surface area contributed by atoms with Gasteiger partial charge in [0.1, 0.15) is 24.5 Å². The van der Waals surface area contributed by atoms with Crippen LogP contribution in [0.5, 0.6) is 0 Å². The summed E-state index contributed by atoms with van der Waals surface area (Å²) in [6.45, 7) is 3.44. The molecular weight excluding hydrogens is 217 g/mol. The van der Waals surface area contributed by atoms with E-state index in [-0.39, 0.29) is 13.2 Å². The summed E-state index contributed by atoms with van der Waals surface area (Å²) in [4.78, 5) is 0. The second-order valence-electron chi connectivity index (χ2n) is 4.65. The van der Waals surface area contributed by atoms with Gasteiger partial charge in [-0.3, -0.25) is 0 Å². The molecule has 2 aliphatic rings. The molecule has 0 spiro atoms. The van der Waals surface area contributed by atoms with Gasteiger partial charge in [0.05, 0.1) is 19.3 Å². The molecule has 0 radical (unpaired) electrons. The maximum atomic E-state index is 13.8. The Hall–Kier alpha value is -0.270. The summed E-state index contributed by atoms with van der Waals surface area (Å²) < 4.78 is 30.1. The van der Waals surface area contributed by atoms with E-state index < -0.39 is 36.3 Å². The van der Waals surface area contributed by atoms with E-state index in [4.69, 9.17) is 25.1 Å². The zero-order chi connectivity index (χ0) is 11.9. The van der Waals surface area contributed by atoms with E-state index >= 15 is 0 Å². The van der Waals surface area contributed by atoms with Crippen LogP contribution >= 0.6 is 0 Å². The summed E-state index contributed by atoms with van der Waals surface area (Å²) in [5.74, 6) is -0.756. The van der Waals surface area contributed by atoms with Crippen LogP contribution in [0.2, 0.25) is 0 Å². The van der Waals surface area contributed by atoms with Gasteiger partial charge in [-0.05, 0) is 13.8 Å². The van der Waals surface area contributed by atoms with Crippen molar-refractivity contribution in [1.82, 2.24) is 0 Å². The molecule has 2 fully saturated rings. The minimum Gasteiger partial charge on any atom is -0.394 e. The fraction of sp³-hybridized carbons (Fsp3) is 1.00. The molecule has 1 saturated carbocycles. The quantitative estimate of drug-likeness (QED) is 0.694. The summed E-state index contributed by atoms with van der Waals surface area (Å²) in [7, 11) is 0. The highest BCUT2D eigenvalue weighted by atomic mass is 19.1. The Bertz CT molecular complexity index is 263. The molecular formula is C10H18FNO4. The second-order valence-corrected chi connectivity index (χ2v) is 4.65. The number of hydrogen-bond donors (Lipinski definition) is 2. The van der Waals surface area contributed by atoms with Crippen LogP contribution in [-0.2, 0) is 14.2 Å². The van der Waals surface area contributed by atoms with Crippen molar-refractivity contribution in [3.05, 3.63) is 0 Å². The van der Waals surface area contributed by atoms with Crippen LogP contribution in [0.3, 0.4) is 0 Å². The highest BCUT2D eigenvalue weighted by Gasteiger charge is 2.58. The minimum absolute atomic E-state index is 0.0742. The number of alkyl halides is 1. The molecule has 1 saturated heterocycles. The standard InChI is InChI=1S/C10H18FNO4/c1-10(2)15-8-6(12)5(11)7(9(8)16-10)14-4-3-13/h5-9,13H,3-4,12H2,1-2H3/t5-,6-,7+,8?,9-/m1/s1. The van der Waals surface area contributed by atoms with E-state index in [1.54, 1.807) is 13.8 Å².